The Morgan fingerprint density at radius 1 is 1.00 bits per heavy atom. The highest BCUT2D eigenvalue weighted by Crippen LogP contribution is 2.24. The van der Waals surface area contributed by atoms with E-state index >= 15 is 0 Å². The molecule has 0 bridgehead atoms. The van der Waals surface area contributed by atoms with Crippen LogP contribution in [0.4, 0.5) is 10.1 Å². The third-order valence-corrected chi connectivity index (χ3v) is 3.30. The maximum atomic E-state index is 13.1. The minimum absolute atomic E-state index is 0.219. The van der Waals surface area contributed by atoms with Crippen LogP contribution >= 0.6 is 0 Å². The van der Waals surface area contributed by atoms with Crippen LogP contribution in [0.15, 0.2) is 48.2 Å². The molecule has 1 aliphatic rings. The second-order valence-electron chi connectivity index (χ2n) is 5.59. The Balaban J connectivity index is 1.83. The molecule has 3 rings (SSSR count). The minimum atomic E-state index is -1.27. The fourth-order valence-corrected chi connectivity index (χ4v) is 2.24. The van der Waals surface area contributed by atoms with Gasteiger partial charge in [0, 0.05) is 25.7 Å². The smallest absolute Gasteiger partial charge is 0.350 e. The number of carbonyl (C=O) groups excluding carboxylic acids is 2. The molecule has 0 radical (unpaired) electrons. The van der Waals surface area contributed by atoms with Crippen LogP contribution in [0, 0.1) is 5.82 Å². The van der Waals surface area contributed by atoms with E-state index in [0.29, 0.717) is 5.69 Å². The fourth-order valence-electron chi connectivity index (χ4n) is 2.24. The zero-order valence-corrected chi connectivity index (χ0v) is 12.6. The predicted molar refractivity (Wildman–Crippen MR) is 81.9 cm³/mol. The molecule has 0 unspecified atom stereocenters. The zero-order chi connectivity index (χ0) is 16.6. The lowest BCUT2D eigenvalue weighted by molar-refractivity contribution is -0.222. The molecule has 1 heterocycles. The van der Waals surface area contributed by atoms with E-state index in [1.165, 1.54) is 32.2 Å². The van der Waals surface area contributed by atoms with E-state index in [4.69, 9.17) is 9.47 Å². The molecule has 2 aromatic rings. The van der Waals surface area contributed by atoms with E-state index in [-0.39, 0.29) is 11.4 Å². The number of hydrogen-bond acceptors (Lipinski definition) is 5. The molecule has 5 nitrogen and oxygen atoms in total. The van der Waals surface area contributed by atoms with Gasteiger partial charge in [0.25, 0.3) is 5.79 Å². The fraction of sp³-hybridized carbons (Fsp3) is 0.176. The van der Waals surface area contributed by atoms with Crippen molar-refractivity contribution in [3.8, 4) is 0 Å². The first-order chi connectivity index (χ1) is 10.8. The molecule has 0 aliphatic carbocycles. The van der Waals surface area contributed by atoms with E-state index in [1.54, 1.807) is 24.3 Å². The van der Waals surface area contributed by atoms with Gasteiger partial charge in [0.05, 0.1) is 0 Å². The second kappa shape index (κ2) is 5.39. The first-order valence-electron chi connectivity index (χ1n) is 6.97. The molecular formula is C17H14FNO4. The average molecular weight is 315 g/mol. The second-order valence-corrected chi connectivity index (χ2v) is 5.59. The van der Waals surface area contributed by atoms with Crippen molar-refractivity contribution in [2.45, 2.75) is 19.6 Å². The molecule has 1 fully saturated rings. The third kappa shape index (κ3) is 3.15. The van der Waals surface area contributed by atoms with Gasteiger partial charge in [-0.05, 0) is 35.0 Å². The maximum Gasteiger partial charge on any atom is 0.350 e. The number of cyclic esters (lactones) is 2. The Morgan fingerprint density at radius 2 is 1.61 bits per heavy atom. The van der Waals surface area contributed by atoms with Crippen molar-refractivity contribution < 1.29 is 23.5 Å². The Bertz CT molecular complexity index is 820. The molecule has 118 valence electrons. The topological polar surface area (TPSA) is 64.6 Å². The molecule has 0 aromatic heterocycles. The number of esters is 2. The number of rotatable bonds is 2. The van der Waals surface area contributed by atoms with Crippen LogP contribution in [0.5, 0.6) is 0 Å². The van der Waals surface area contributed by atoms with Crippen LogP contribution < -0.4 is 5.32 Å². The van der Waals surface area contributed by atoms with Gasteiger partial charge in [-0.1, -0.05) is 12.1 Å². The van der Waals surface area contributed by atoms with Crippen molar-refractivity contribution >= 4 is 28.4 Å². The molecule has 0 saturated carbocycles. The Hall–Kier alpha value is -2.89. The van der Waals surface area contributed by atoms with Gasteiger partial charge in [-0.2, -0.15) is 0 Å². The summed E-state index contributed by atoms with van der Waals surface area (Å²) in [5, 5.41) is 4.43. The predicted octanol–water partition coefficient (Wildman–Crippen LogP) is 3.11. The summed E-state index contributed by atoms with van der Waals surface area (Å²) < 4.78 is 23.1. The summed E-state index contributed by atoms with van der Waals surface area (Å²) in [5.41, 5.74) is 0.422. The highest BCUT2D eigenvalue weighted by atomic mass is 19.1. The number of fused-ring (bicyclic) bond motifs is 1. The van der Waals surface area contributed by atoms with Crippen molar-refractivity contribution in [2.24, 2.45) is 0 Å². The highest BCUT2D eigenvalue weighted by Gasteiger charge is 2.38. The van der Waals surface area contributed by atoms with Crippen LogP contribution in [0.3, 0.4) is 0 Å². The third-order valence-electron chi connectivity index (χ3n) is 3.30. The molecule has 0 spiro atoms. The summed E-state index contributed by atoms with van der Waals surface area (Å²) in [6.07, 6.45) is 1.24. The lowest BCUT2D eigenvalue weighted by Gasteiger charge is -2.29. The lowest BCUT2D eigenvalue weighted by Crippen LogP contribution is -2.42. The van der Waals surface area contributed by atoms with Crippen molar-refractivity contribution in [1.29, 1.82) is 0 Å². The van der Waals surface area contributed by atoms with Crippen molar-refractivity contribution in [2.75, 3.05) is 5.32 Å². The maximum absolute atomic E-state index is 13.1. The number of ether oxygens (including phenoxy) is 2. The van der Waals surface area contributed by atoms with Gasteiger partial charge in [0.2, 0.25) is 0 Å². The lowest BCUT2D eigenvalue weighted by atomic mass is 10.1. The van der Waals surface area contributed by atoms with Gasteiger partial charge in [0.15, 0.2) is 5.57 Å². The standard InChI is InChI=1S/C17H14FNO4/c1-17(2)22-15(20)14(16(21)23-17)9-19-13-6-4-10-7-12(18)5-3-11(10)8-13/h3-9,19H,1-2H3. The average Bonchev–Trinajstić information content (AvgIpc) is 2.45. The quantitative estimate of drug-likeness (QED) is 0.524. The number of anilines is 1. The van der Waals surface area contributed by atoms with Gasteiger partial charge in [-0.15, -0.1) is 0 Å². The molecular weight excluding hydrogens is 301 g/mol. The normalized spacial score (nSPS) is 16.7. The van der Waals surface area contributed by atoms with E-state index < -0.39 is 17.7 Å². The number of carbonyl (C=O) groups is 2. The SMILES string of the molecule is CC1(C)OC(=O)C(=CNc2ccc3cc(F)ccc3c2)C(=O)O1. The molecule has 23 heavy (non-hydrogen) atoms. The molecule has 1 aliphatic heterocycles. The van der Waals surface area contributed by atoms with Gasteiger partial charge in [0.1, 0.15) is 5.82 Å². The van der Waals surface area contributed by atoms with Crippen LogP contribution in [-0.4, -0.2) is 17.7 Å². The first-order valence-corrected chi connectivity index (χ1v) is 6.97. The van der Waals surface area contributed by atoms with E-state index in [9.17, 15) is 14.0 Å². The molecule has 6 heteroatoms. The van der Waals surface area contributed by atoms with Crippen LogP contribution in [0.1, 0.15) is 13.8 Å². The summed E-state index contributed by atoms with van der Waals surface area (Å²) in [4.78, 5) is 23.6. The number of nitrogens with one attached hydrogen (secondary N) is 1. The van der Waals surface area contributed by atoms with Crippen LogP contribution in [-0.2, 0) is 19.1 Å². The Kier molecular flexibility index (Phi) is 3.52. The minimum Gasteiger partial charge on any atom is -0.419 e. The van der Waals surface area contributed by atoms with Crippen LogP contribution in [0.25, 0.3) is 10.8 Å². The summed E-state index contributed by atoms with van der Waals surface area (Å²) in [5.74, 6) is -3.07. The van der Waals surface area contributed by atoms with Gasteiger partial charge >= 0.3 is 11.9 Å². The largest absolute Gasteiger partial charge is 0.419 e. The van der Waals surface area contributed by atoms with E-state index in [2.05, 4.69) is 5.32 Å². The van der Waals surface area contributed by atoms with E-state index in [1.807, 2.05) is 0 Å². The summed E-state index contributed by atoms with van der Waals surface area (Å²) >= 11 is 0. The van der Waals surface area contributed by atoms with Gasteiger partial charge in [-0.25, -0.2) is 14.0 Å². The van der Waals surface area contributed by atoms with Gasteiger partial charge in [-0.3, -0.25) is 0 Å². The van der Waals surface area contributed by atoms with Crippen molar-refractivity contribution in [3.05, 3.63) is 54.0 Å². The summed E-state index contributed by atoms with van der Waals surface area (Å²) in [7, 11) is 0. The highest BCUT2D eigenvalue weighted by molar-refractivity contribution is 6.15. The van der Waals surface area contributed by atoms with E-state index in [0.717, 1.165) is 10.8 Å². The van der Waals surface area contributed by atoms with Crippen molar-refractivity contribution in [3.63, 3.8) is 0 Å². The van der Waals surface area contributed by atoms with Crippen molar-refractivity contribution in [1.82, 2.24) is 0 Å². The molecule has 1 N–H and O–H groups in total. The molecule has 0 amide bonds. The molecule has 2 aromatic carbocycles. The Labute approximate surface area is 131 Å². The summed E-state index contributed by atoms with van der Waals surface area (Å²) in [6, 6.07) is 9.66. The van der Waals surface area contributed by atoms with Gasteiger partial charge < -0.3 is 14.8 Å². The zero-order valence-electron chi connectivity index (χ0n) is 12.6. The number of halogens is 1. The molecule has 1 saturated heterocycles. The summed E-state index contributed by atoms with van der Waals surface area (Å²) in [6.45, 7) is 2.96. The van der Waals surface area contributed by atoms with Crippen LogP contribution in [0.2, 0.25) is 0 Å². The Morgan fingerprint density at radius 3 is 2.30 bits per heavy atom. The first kappa shape index (κ1) is 15.0. The number of hydrogen-bond donors (Lipinski definition) is 1. The monoisotopic (exact) mass is 315 g/mol. The molecule has 0 atom stereocenters. The number of benzene rings is 2.